The maximum Gasteiger partial charge on any atom is 0.340 e. The first kappa shape index (κ1) is 12.0. The fourth-order valence-electron chi connectivity index (χ4n) is 1.40. The van der Waals surface area contributed by atoms with Gasteiger partial charge < -0.3 is 15.7 Å². The molecule has 0 radical (unpaired) electrons. The van der Waals surface area contributed by atoms with Gasteiger partial charge in [0.1, 0.15) is 10.6 Å². The van der Waals surface area contributed by atoms with Crippen LogP contribution in [0.25, 0.3) is 0 Å². The van der Waals surface area contributed by atoms with Crippen molar-refractivity contribution in [2.45, 2.75) is 25.8 Å². The summed E-state index contributed by atoms with van der Waals surface area (Å²) >= 11 is 0.992. The lowest BCUT2D eigenvalue weighted by Gasteiger charge is -2.04. The maximum absolute atomic E-state index is 11.5. The molecule has 1 fully saturated rings. The number of carboxylic acid groups (broad SMARTS) is 1. The van der Waals surface area contributed by atoms with Crippen LogP contribution in [0.1, 0.15) is 28.9 Å². The summed E-state index contributed by atoms with van der Waals surface area (Å²) in [6.07, 6.45) is 2.21. The second-order valence-corrected chi connectivity index (χ2v) is 4.75. The molecule has 6 nitrogen and oxygen atoms in total. The summed E-state index contributed by atoms with van der Waals surface area (Å²) in [4.78, 5) is 22.5. The van der Waals surface area contributed by atoms with Crippen molar-refractivity contribution in [3.63, 3.8) is 0 Å². The monoisotopic (exact) mass is 255 g/mol. The summed E-state index contributed by atoms with van der Waals surface area (Å²) < 4.78 is 3.92. The number of amides is 1. The van der Waals surface area contributed by atoms with Gasteiger partial charge in [-0.1, -0.05) is 0 Å². The van der Waals surface area contributed by atoms with E-state index in [0.29, 0.717) is 16.7 Å². The van der Waals surface area contributed by atoms with E-state index in [2.05, 4.69) is 15.0 Å². The smallest absolute Gasteiger partial charge is 0.340 e. The van der Waals surface area contributed by atoms with Gasteiger partial charge in [0.25, 0.3) is 0 Å². The lowest BCUT2D eigenvalue weighted by molar-refractivity contribution is -0.115. The highest BCUT2D eigenvalue weighted by Gasteiger charge is 2.22. The number of rotatable bonds is 5. The second kappa shape index (κ2) is 4.80. The number of anilines is 1. The van der Waals surface area contributed by atoms with E-state index in [4.69, 9.17) is 5.11 Å². The molecule has 1 aliphatic carbocycles. The topological polar surface area (TPSA) is 91.3 Å². The van der Waals surface area contributed by atoms with E-state index in [9.17, 15) is 9.59 Å². The number of aryl methyl sites for hydroxylation is 1. The molecule has 92 valence electrons. The Morgan fingerprint density at radius 3 is 2.82 bits per heavy atom. The van der Waals surface area contributed by atoms with E-state index < -0.39 is 5.97 Å². The van der Waals surface area contributed by atoms with Crippen LogP contribution in [-0.4, -0.2) is 33.9 Å². The van der Waals surface area contributed by atoms with Crippen molar-refractivity contribution < 1.29 is 14.7 Å². The van der Waals surface area contributed by atoms with E-state index in [1.165, 1.54) is 0 Å². The summed E-state index contributed by atoms with van der Waals surface area (Å²) in [7, 11) is 0. The van der Waals surface area contributed by atoms with Crippen LogP contribution in [-0.2, 0) is 4.79 Å². The van der Waals surface area contributed by atoms with Gasteiger partial charge in [-0.25, -0.2) is 4.79 Å². The minimum atomic E-state index is -1.07. The summed E-state index contributed by atoms with van der Waals surface area (Å²) in [5, 5.41) is 14.9. The van der Waals surface area contributed by atoms with Crippen molar-refractivity contribution in [1.29, 1.82) is 0 Å². The fourth-order valence-corrected chi connectivity index (χ4v) is 2.21. The average molecular weight is 255 g/mol. The molecule has 0 aromatic carbocycles. The summed E-state index contributed by atoms with van der Waals surface area (Å²) in [6.45, 7) is 1.82. The van der Waals surface area contributed by atoms with Crippen molar-refractivity contribution in [2.75, 3.05) is 11.9 Å². The first-order chi connectivity index (χ1) is 8.08. The number of aromatic carboxylic acids is 1. The third-order valence-electron chi connectivity index (χ3n) is 2.46. The SMILES string of the molecule is Cc1nsc(NC(=O)CNC2CC2)c1C(=O)O. The molecule has 0 bridgehead atoms. The van der Waals surface area contributed by atoms with E-state index in [1.54, 1.807) is 6.92 Å². The quantitative estimate of drug-likeness (QED) is 0.725. The van der Waals surface area contributed by atoms with Gasteiger partial charge in [0.2, 0.25) is 5.91 Å². The van der Waals surface area contributed by atoms with Crippen LogP contribution in [0, 0.1) is 6.92 Å². The van der Waals surface area contributed by atoms with Gasteiger partial charge in [-0.2, -0.15) is 4.37 Å². The van der Waals surface area contributed by atoms with E-state index in [1.807, 2.05) is 0 Å². The van der Waals surface area contributed by atoms with Gasteiger partial charge in [0.15, 0.2) is 0 Å². The summed E-state index contributed by atoms with van der Waals surface area (Å²) in [5.74, 6) is -1.30. The number of hydrogen-bond acceptors (Lipinski definition) is 5. The van der Waals surface area contributed by atoms with Crippen molar-refractivity contribution in [1.82, 2.24) is 9.69 Å². The molecule has 2 rings (SSSR count). The molecule has 1 saturated carbocycles. The molecule has 1 amide bonds. The van der Waals surface area contributed by atoms with Crippen LogP contribution in [0.4, 0.5) is 5.00 Å². The predicted octanol–water partition coefficient (Wildman–Crippen LogP) is 0.840. The summed E-state index contributed by atoms with van der Waals surface area (Å²) in [5.41, 5.74) is 0.503. The molecule has 0 spiro atoms. The van der Waals surface area contributed by atoms with Crippen molar-refractivity contribution in [3.05, 3.63) is 11.3 Å². The van der Waals surface area contributed by atoms with Gasteiger partial charge in [0, 0.05) is 6.04 Å². The lowest BCUT2D eigenvalue weighted by Crippen LogP contribution is -2.29. The predicted molar refractivity (Wildman–Crippen MR) is 63.5 cm³/mol. The Kier molecular flexibility index (Phi) is 3.39. The first-order valence-corrected chi connectivity index (χ1v) is 6.08. The van der Waals surface area contributed by atoms with Crippen molar-refractivity contribution >= 4 is 28.4 Å². The summed E-state index contributed by atoms with van der Waals surface area (Å²) in [6, 6.07) is 0.447. The number of carboxylic acids is 1. The van der Waals surface area contributed by atoms with Gasteiger partial charge in [0.05, 0.1) is 12.2 Å². The third kappa shape index (κ3) is 3.01. The zero-order valence-corrected chi connectivity index (χ0v) is 10.1. The lowest BCUT2D eigenvalue weighted by atomic mass is 10.2. The van der Waals surface area contributed by atoms with Crippen molar-refractivity contribution in [2.24, 2.45) is 0 Å². The number of carbonyl (C=O) groups excluding carboxylic acids is 1. The molecular weight excluding hydrogens is 242 g/mol. The highest BCUT2D eigenvalue weighted by atomic mass is 32.1. The van der Waals surface area contributed by atoms with Crippen molar-refractivity contribution in [3.8, 4) is 0 Å². The fraction of sp³-hybridized carbons (Fsp3) is 0.500. The molecule has 3 N–H and O–H groups in total. The third-order valence-corrected chi connectivity index (χ3v) is 3.31. The Balaban J connectivity index is 1.97. The normalized spacial score (nSPS) is 14.6. The van der Waals surface area contributed by atoms with Crippen LogP contribution in [0.5, 0.6) is 0 Å². The largest absolute Gasteiger partial charge is 0.478 e. The minimum absolute atomic E-state index is 0.0785. The molecule has 1 heterocycles. The highest BCUT2D eigenvalue weighted by Crippen LogP contribution is 2.24. The molecule has 1 aromatic heterocycles. The van der Waals surface area contributed by atoms with Gasteiger partial charge >= 0.3 is 5.97 Å². The Hall–Kier alpha value is -1.47. The Bertz CT molecular complexity index is 454. The highest BCUT2D eigenvalue weighted by molar-refractivity contribution is 7.11. The van der Waals surface area contributed by atoms with Crippen LogP contribution < -0.4 is 10.6 Å². The first-order valence-electron chi connectivity index (χ1n) is 5.30. The number of nitrogens with zero attached hydrogens (tertiary/aromatic N) is 1. The van der Waals surface area contributed by atoms with Gasteiger partial charge in [-0.3, -0.25) is 4.79 Å². The van der Waals surface area contributed by atoms with E-state index in [-0.39, 0.29) is 18.0 Å². The van der Waals surface area contributed by atoms with Crippen LogP contribution in [0.3, 0.4) is 0 Å². The Morgan fingerprint density at radius 2 is 2.24 bits per heavy atom. The zero-order chi connectivity index (χ0) is 12.4. The Labute approximate surface area is 102 Å². The molecule has 7 heteroatoms. The molecule has 0 atom stereocenters. The molecule has 0 saturated heterocycles. The Morgan fingerprint density at radius 1 is 1.53 bits per heavy atom. The molecule has 1 aromatic rings. The molecule has 17 heavy (non-hydrogen) atoms. The average Bonchev–Trinajstić information content (AvgIpc) is 3.00. The zero-order valence-electron chi connectivity index (χ0n) is 9.32. The second-order valence-electron chi connectivity index (χ2n) is 3.98. The number of nitrogens with one attached hydrogen (secondary N) is 2. The minimum Gasteiger partial charge on any atom is -0.478 e. The molecule has 0 aliphatic heterocycles. The molecule has 0 unspecified atom stereocenters. The van der Waals surface area contributed by atoms with E-state index in [0.717, 1.165) is 24.4 Å². The number of hydrogen-bond donors (Lipinski definition) is 3. The van der Waals surface area contributed by atoms with Gasteiger partial charge in [-0.05, 0) is 31.3 Å². The standard InChI is InChI=1S/C10H13N3O3S/c1-5-8(10(15)16)9(17-13-5)12-7(14)4-11-6-2-3-6/h6,11H,2-4H2,1H3,(H,12,14)(H,15,16). The van der Waals surface area contributed by atoms with Gasteiger partial charge in [-0.15, -0.1) is 0 Å². The number of aromatic nitrogens is 1. The molecule has 1 aliphatic rings. The van der Waals surface area contributed by atoms with E-state index >= 15 is 0 Å². The van der Waals surface area contributed by atoms with Crippen LogP contribution >= 0.6 is 11.5 Å². The van der Waals surface area contributed by atoms with Crippen LogP contribution in [0.2, 0.25) is 0 Å². The number of carbonyl (C=O) groups is 2. The van der Waals surface area contributed by atoms with Crippen LogP contribution in [0.15, 0.2) is 0 Å². The maximum atomic E-state index is 11.5. The molecular formula is C10H13N3O3S.